The maximum atomic E-state index is 12.7. The van der Waals surface area contributed by atoms with E-state index in [2.05, 4.69) is 22.2 Å². The molecule has 0 saturated carbocycles. The van der Waals surface area contributed by atoms with Gasteiger partial charge < -0.3 is 10.0 Å². The molecule has 0 unspecified atom stereocenters. The van der Waals surface area contributed by atoms with Gasteiger partial charge in [-0.1, -0.05) is 30.3 Å². The number of aromatic nitrogens is 4. The summed E-state index contributed by atoms with van der Waals surface area (Å²) in [5.74, 6) is -0.686. The van der Waals surface area contributed by atoms with Gasteiger partial charge >= 0.3 is 5.97 Å². The molecule has 4 rings (SSSR count). The number of hydrogen-bond acceptors (Lipinski definition) is 6. The maximum Gasteiger partial charge on any atom is 0.335 e. The number of benzene rings is 1. The van der Waals surface area contributed by atoms with Crippen LogP contribution in [0.1, 0.15) is 35.3 Å². The summed E-state index contributed by atoms with van der Waals surface area (Å²) >= 11 is 1.51. The molecule has 1 aromatic carbocycles. The summed E-state index contributed by atoms with van der Waals surface area (Å²) in [6.07, 6.45) is 4.37. The summed E-state index contributed by atoms with van der Waals surface area (Å²) in [5, 5.41) is 17.8. The van der Waals surface area contributed by atoms with Gasteiger partial charge in [0.25, 0.3) is 0 Å². The summed E-state index contributed by atoms with van der Waals surface area (Å²) in [4.78, 5) is 31.0. The Hall–Kier alpha value is -3.07. The van der Waals surface area contributed by atoms with Crippen LogP contribution in [0, 0.1) is 5.92 Å². The van der Waals surface area contributed by atoms with Gasteiger partial charge in [-0.2, -0.15) is 0 Å². The second-order valence-electron chi connectivity index (χ2n) is 7.26. The molecule has 9 heteroatoms. The molecular formula is C20H21N5O3S. The lowest BCUT2D eigenvalue weighted by molar-refractivity contribution is -0.130. The number of thiazole rings is 1. The van der Waals surface area contributed by atoms with Crippen molar-refractivity contribution in [2.45, 2.75) is 25.8 Å². The van der Waals surface area contributed by atoms with E-state index in [0.717, 1.165) is 10.6 Å². The average molecular weight is 411 g/mol. The Balaban J connectivity index is 1.40. The summed E-state index contributed by atoms with van der Waals surface area (Å²) in [6, 6.07) is 6.90. The van der Waals surface area contributed by atoms with E-state index in [4.69, 9.17) is 0 Å². The molecule has 0 radical (unpaired) electrons. The van der Waals surface area contributed by atoms with Crippen molar-refractivity contribution >= 4 is 23.2 Å². The van der Waals surface area contributed by atoms with Crippen molar-refractivity contribution in [2.75, 3.05) is 13.1 Å². The molecule has 1 fully saturated rings. The number of aromatic carboxylic acids is 1. The molecule has 3 heterocycles. The van der Waals surface area contributed by atoms with Gasteiger partial charge in [-0.3, -0.25) is 9.78 Å². The first kappa shape index (κ1) is 19.3. The van der Waals surface area contributed by atoms with Crippen LogP contribution in [0.15, 0.2) is 42.2 Å². The Morgan fingerprint density at radius 1 is 1.28 bits per heavy atom. The molecule has 0 aliphatic carbocycles. The monoisotopic (exact) mass is 411 g/mol. The number of carbonyl (C=O) groups excluding carboxylic acids is 1. The minimum atomic E-state index is -0.967. The van der Waals surface area contributed by atoms with E-state index < -0.39 is 5.97 Å². The summed E-state index contributed by atoms with van der Waals surface area (Å²) in [5.41, 5.74) is 3.48. The van der Waals surface area contributed by atoms with Gasteiger partial charge in [-0.05, 0) is 24.0 Å². The summed E-state index contributed by atoms with van der Waals surface area (Å²) in [6.45, 7) is 3.33. The molecule has 0 spiro atoms. The van der Waals surface area contributed by atoms with E-state index in [9.17, 15) is 14.7 Å². The van der Waals surface area contributed by atoms with E-state index in [1.165, 1.54) is 11.3 Å². The largest absolute Gasteiger partial charge is 0.478 e. The highest BCUT2D eigenvalue weighted by Gasteiger charge is 2.34. The van der Waals surface area contributed by atoms with Gasteiger partial charge in [0.15, 0.2) is 0 Å². The Labute approximate surface area is 171 Å². The molecule has 1 aliphatic heterocycles. The SMILES string of the molecule is C[C@@H]1CN(C(=O)CCc2ccccc2C(=O)O)C[C@H]1n1cc(-c2cncs2)nn1. The van der Waals surface area contributed by atoms with Crippen LogP contribution in [0.4, 0.5) is 0 Å². The first-order valence-corrected chi connectivity index (χ1v) is 10.3. The molecule has 2 atom stereocenters. The van der Waals surface area contributed by atoms with Crippen LogP contribution in [0.25, 0.3) is 10.6 Å². The molecule has 29 heavy (non-hydrogen) atoms. The predicted octanol–water partition coefficient (Wildman–Crippen LogP) is 2.75. The van der Waals surface area contributed by atoms with Crippen molar-refractivity contribution in [1.29, 1.82) is 0 Å². The van der Waals surface area contributed by atoms with Gasteiger partial charge in [0.05, 0.1) is 28.2 Å². The topological polar surface area (TPSA) is 101 Å². The molecule has 0 bridgehead atoms. The zero-order chi connectivity index (χ0) is 20.4. The Morgan fingerprint density at radius 2 is 2.10 bits per heavy atom. The fourth-order valence-electron chi connectivity index (χ4n) is 3.74. The van der Waals surface area contributed by atoms with E-state index in [0.29, 0.717) is 25.1 Å². The summed E-state index contributed by atoms with van der Waals surface area (Å²) in [7, 11) is 0. The van der Waals surface area contributed by atoms with E-state index in [1.54, 1.807) is 36.0 Å². The van der Waals surface area contributed by atoms with Crippen LogP contribution < -0.4 is 0 Å². The second kappa shape index (κ2) is 8.12. The zero-order valence-electron chi connectivity index (χ0n) is 15.9. The van der Waals surface area contributed by atoms with Crippen molar-refractivity contribution < 1.29 is 14.7 Å². The van der Waals surface area contributed by atoms with Crippen molar-refractivity contribution in [3.05, 3.63) is 53.3 Å². The predicted molar refractivity (Wildman–Crippen MR) is 108 cm³/mol. The number of rotatable bonds is 6. The van der Waals surface area contributed by atoms with Crippen LogP contribution in [0.5, 0.6) is 0 Å². The molecule has 8 nitrogen and oxygen atoms in total. The van der Waals surface area contributed by atoms with Crippen molar-refractivity contribution in [3.8, 4) is 10.6 Å². The van der Waals surface area contributed by atoms with Crippen molar-refractivity contribution in [1.82, 2.24) is 24.9 Å². The number of carboxylic acid groups (broad SMARTS) is 1. The molecular weight excluding hydrogens is 390 g/mol. The van der Waals surface area contributed by atoms with E-state index in [1.807, 2.05) is 15.8 Å². The lowest BCUT2D eigenvalue weighted by Gasteiger charge is -2.16. The van der Waals surface area contributed by atoms with Crippen LogP contribution >= 0.6 is 11.3 Å². The van der Waals surface area contributed by atoms with E-state index >= 15 is 0 Å². The third-order valence-corrected chi connectivity index (χ3v) is 6.11. The Morgan fingerprint density at radius 3 is 2.86 bits per heavy atom. The van der Waals surface area contributed by atoms with Gasteiger partial charge in [0.2, 0.25) is 5.91 Å². The minimum Gasteiger partial charge on any atom is -0.478 e. The first-order chi connectivity index (χ1) is 14.0. The Bertz CT molecular complexity index is 1020. The molecule has 3 aromatic rings. The number of aryl methyl sites for hydroxylation is 1. The normalized spacial score (nSPS) is 18.9. The van der Waals surface area contributed by atoms with Crippen molar-refractivity contribution in [3.63, 3.8) is 0 Å². The van der Waals surface area contributed by atoms with Crippen molar-refractivity contribution in [2.24, 2.45) is 5.92 Å². The number of amides is 1. The molecule has 2 aromatic heterocycles. The Kier molecular flexibility index (Phi) is 5.39. The number of carbonyl (C=O) groups is 2. The highest BCUT2D eigenvalue weighted by Crippen LogP contribution is 2.29. The van der Waals surface area contributed by atoms with Gasteiger partial charge in [-0.25, -0.2) is 9.48 Å². The van der Waals surface area contributed by atoms with Crippen LogP contribution in [-0.2, 0) is 11.2 Å². The minimum absolute atomic E-state index is 0.0299. The average Bonchev–Trinajstić information content (AvgIpc) is 3.46. The lowest BCUT2D eigenvalue weighted by atomic mass is 10.0. The fraction of sp³-hybridized carbons (Fsp3) is 0.350. The smallest absolute Gasteiger partial charge is 0.335 e. The third-order valence-electron chi connectivity index (χ3n) is 5.32. The maximum absolute atomic E-state index is 12.7. The van der Waals surface area contributed by atoms with Crippen LogP contribution in [-0.4, -0.2) is 55.0 Å². The van der Waals surface area contributed by atoms with E-state index in [-0.39, 0.29) is 29.9 Å². The van der Waals surface area contributed by atoms with Gasteiger partial charge in [-0.15, -0.1) is 16.4 Å². The molecule has 1 saturated heterocycles. The molecule has 1 N–H and O–H groups in total. The van der Waals surface area contributed by atoms with Gasteiger partial charge in [0, 0.05) is 25.7 Å². The standard InChI is InChI=1S/C20H21N5O3S/c1-13-9-24(19(26)7-6-14-4-2-3-5-15(14)20(27)28)11-17(13)25-10-16(22-23-25)18-8-21-12-29-18/h2-5,8,10,12-13,17H,6-7,9,11H2,1H3,(H,27,28)/t13-,17-/m1/s1. The number of likely N-dealkylation sites (tertiary alicyclic amines) is 1. The zero-order valence-corrected chi connectivity index (χ0v) is 16.7. The molecule has 150 valence electrons. The number of carboxylic acids is 1. The molecule has 1 amide bonds. The quantitative estimate of drug-likeness (QED) is 0.669. The summed E-state index contributed by atoms with van der Waals surface area (Å²) < 4.78 is 1.84. The third kappa shape index (κ3) is 4.04. The molecule has 1 aliphatic rings. The number of nitrogens with zero attached hydrogens (tertiary/aromatic N) is 5. The first-order valence-electron chi connectivity index (χ1n) is 9.42. The highest BCUT2D eigenvalue weighted by atomic mass is 32.1. The lowest BCUT2D eigenvalue weighted by Crippen LogP contribution is -2.29. The van der Waals surface area contributed by atoms with Crippen LogP contribution in [0.2, 0.25) is 0 Å². The second-order valence-corrected chi connectivity index (χ2v) is 8.14. The van der Waals surface area contributed by atoms with Crippen LogP contribution in [0.3, 0.4) is 0 Å². The number of hydrogen-bond donors (Lipinski definition) is 1. The van der Waals surface area contributed by atoms with Gasteiger partial charge in [0.1, 0.15) is 5.69 Å². The highest BCUT2D eigenvalue weighted by molar-refractivity contribution is 7.13. The fourth-order valence-corrected chi connectivity index (χ4v) is 4.31.